The van der Waals surface area contributed by atoms with Gasteiger partial charge in [-0.05, 0) is 48.7 Å². The van der Waals surface area contributed by atoms with Gasteiger partial charge in [0.2, 0.25) is 11.8 Å². The van der Waals surface area contributed by atoms with E-state index in [-0.39, 0.29) is 42.5 Å². The van der Waals surface area contributed by atoms with Crippen LogP contribution in [0.15, 0.2) is 46.9 Å². The van der Waals surface area contributed by atoms with Crippen molar-refractivity contribution in [1.29, 1.82) is 0 Å². The van der Waals surface area contributed by atoms with Crippen molar-refractivity contribution >= 4 is 45.2 Å². The van der Waals surface area contributed by atoms with E-state index >= 15 is 0 Å². The zero-order valence-electron chi connectivity index (χ0n) is 16.1. The maximum Gasteiger partial charge on any atom is 0.261 e. The number of rotatable bonds is 7. The number of fused-ring (bicyclic) bond motifs is 1. The van der Waals surface area contributed by atoms with Crippen LogP contribution < -0.4 is 10.6 Å². The van der Waals surface area contributed by atoms with Crippen molar-refractivity contribution in [2.24, 2.45) is 5.92 Å². The number of hydrogen-bond donors (Lipinski definition) is 2. The van der Waals surface area contributed by atoms with Crippen LogP contribution in [-0.4, -0.2) is 35.1 Å². The fourth-order valence-electron chi connectivity index (χ4n) is 3.32. The highest BCUT2D eigenvalue weighted by Crippen LogP contribution is 2.30. The minimum atomic E-state index is -0.386. The van der Waals surface area contributed by atoms with Gasteiger partial charge in [0, 0.05) is 35.6 Å². The average molecular weight is 470 g/mol. The third-order valence-electron chi connectivity index (χ3n) is 5.13. The van der Waals surface area contributed by atoms with E-state index in [1.807, 2.05) is 24.3 Å². The Balaban J connectivity index is 1.28. The molecule has 2 aromatic rings. The standard InChI is InChI=1S/C22H20BrN3O4/c23-15-6-7-17-18(11-15)22(30)26(21(17)29)9-8-19(27)24-12-13-2-1-3-16(10-13)25-20(28)14-4-5-14/h1-3,6-7,10-11,14H,4-5,8-9,12H2,(H,24,27)(H,25,28). The molecule has 4 amide bonds. The Hall–Kier alpha value is -3.00. The van der Waals surface area contributed by atoms with Gasteiger partial charge in [-0.15, -0.1) is 0 Å². The Labute approximate surface area is 181 Å². The van der Waals surface area contributed by atoms with Crippen molar-refractivity contribution in [3.63, 3.8) is 0 Å². The van der Waals surface area contributed by atoms with Crippen molar-refractivity contribution in [3.05, 3.63) is 63.6 Å². The summed E-state index contributed by atoms with van der Waals surface area (Å²) >= 11 is 3.30. The molecule has 0 spiro atoms. The smallest absolute Gasteiger partial charge is 0.261 e. The van der Waals surface area contributed by atoms with Gasteiger partial charge in [-0.1, -0.05) is 28.1 Å². The monoisotopic (exact) mass is 469 g/mol. The Morgan fingerprint density at radius 3 is 2.57 bits per heavy atom. The summed E-state index contributed by atoms with van der Waals surface area (Å²) in [7, 11) is 0. The molecular weight excluding hydrogens is 450 g/mol. The van der Waals surface area contributed by atoms with Gasteiger partial charge < -0.3 is 10.6 Å². The first-order valence-corrected chi connectivity index (χ1v) is 10.5. The van der Waals surface area contributed by atoms with Gasteiger partial charge in [0.25, 0.3) is 11.8 Å². The van der Waals surface area contributed by atoms with Crippen molar-refractivity contribution in [2.75, 3.05) is 11.9 Å². The van der Waals surface area contributed by atoms with Crippen molar-refractivity contribution in [3.8, 4) is 0 Å². The second-order valence-electron chi connectivity index (χ2n) is 7.44. The number of amides is 4. The van der Waals surface area contributed by atoms with Crippen LogP contribution in [0.2, 0.25) is 0 Å². The molecule has 4 rings (SSSR count). The molecule has 8 heteroatoms. The van der Waals surface area contributed by atoms with E-state index < -0.39 is 0 Å². The predicted molar refractivity (Wildman–Crippen MR) is 114 cm³/mol. The molecule has 2 aromatic carbocycles. The summed E-state index contributed by atoms with van der Waals surface area (Å²) in [5.41, 5.74) is 2.26. The van der Waals surface area contributed by atoms with E-state index in [0.29, 0.717) is 23.4 Å². The van der Waals surface area contributed by atoms with Gasteiger partial charge in [0.05, 0.1) is 11.1 Å². The number of halogens is 1. The van der Waals surface area contributed by atoms with Crippen LogP contribution in [0, 0.1) is 5.92 Å². The lowest BCUT2D eigenvalue weighted by Gasteiger charge is -2.13. The molecule has 30 heavy (non-hydrogen) atoms. The number of nitrogens with zero attached hydrogens (tertiary/aromatic N) is 1. The fraction of sp³-hybridized carbons (Fsp3) is 0.273. The summed E-state index contributed by atoms with van der Waals surface area (Å²) in [6, 6.07) is 12.2. The summed E-state index contributed by atoms with van der Waals surface area (Å²) in [4.78, 5) is 50.1. The van der Waals surface area contributed by atoms with Gasteiger partial charge in [-0.25, -0.2) is 0 Å². The predicted octanol–water partition coefficient (Wildman–Crippen LogP) is 3.10. The molecule has 2 aliphatic rings. The van der Waals surface area contributed by atoms with Gasteiger partial charge in [-0.2, -0.15) is 0 Å². The first-order valence-electron chi connectivity index (χ1n) is 9.74. The number of anilines is 1. The number of carbonyl (C=O) groups excluding carboxylic acids is 4. The second-order valence-corrected chi connectivity index (χ2v) is 8.36. The van der Waals surface area contributed by atoms with Gasteiger partial charge in [-0.3, -0.25) is 24.1 Å². The first-order chi connectivity index (χ1) is 14.4. The third kappa shape index (κ3) is 4.43. The highest BCUT2D eigenvalue weighted by atomic mass is 79.9. The molecule has 0 atom stereocenters. The highest BCUT2D eigenvalue weighted by Gasteiger charge is 2.35. The zero-order valence-corrected chi connectivity index (χ0v) is 17.7. The molecule has 0 aromatic heterocycles. The molecule has 0 radical (unpaired) electrons. The quantitative estimate of drug-likeness (QED) is 0.608. The van der Waals surface area contributed by atoms with Gasteiger partial charge >= 0.3 is 0 Å². The van der Waals surface area contributed by atoms with E-state index in [9.17, 15) is 19.2 Å². The molecule has 7 nitrogen and oxygen atoms in total. The van der Waals surface area contributed by atoms with Crippen LogP contribution in [0.3, 0.4) is 0 Å². The summed E-state index contributed by atoms with van der Waals surface area (Å²) in [6.45, 7) is 0.314. The third-order valence-corrected chi connectivity index (χ3v) is 5.62. The van der Waals surface area contributed by atoms with E-state index in [1.54, 1.807) is 18.2 Å². The van der Waals surface area contributed by atoms with Crippen LogP contribution in [0.1, 0.15) is 45.5 Å². The van der Waals surface area contributed by atoms with Crippen molar-refractivity contribution in [1.82, 2.24) is 10.2 Å². The van der Waals surface area contributed by atoms with Crippen LogP contribution in [0.25, 0.3) is 0 Å². The molecule has 1 heterocycles. The zero-order chi connectivity index (χ0) is 21.3. The van der Waals surface area contributed by atoms with Crippen molar-refractivity contribution < 1.29 is 19.2 Å². The number of imide groups is 1. The molecule has 1 aliphatic carbocycles. The molecule has 0 saturated heterocycles. The number of carbonyl (C=O) groups is 4. The average Bonchev–Trinajstić information content (AvgIpc) is 3.54. The number of benzene rings is 2. The molecule has 0 unspecified atom stereocenters. The van der Waals surface area contributed by atoms with Crippen molar-refractivity contribution in [2.45, 2.75) is 25.8 Å². The lowest BCUT2D eigenvalue weighted by atomic mass is 10.1. The first kappa shape index (κ1) is 20.3. The Morgan fingerprint density at radius 2 is 1.80 bits per heavy atom. The Bertz CT molecular complexity index is 1050. The highest BCUT2D eigenvalue weighted by molar-refractivity contribution is 9.10. The lowest BCUT2D eigenvalue weighted by molar-refractivity contribution is -0.121. The summed E-state index contributed by atoms with van der Waals surface area (Å²) < 4.78 is 0.720. The summed E-state index contributed by atoms with van der Waals surface area (Å²) in [6.07, 6.45) is 1.89. The Morgan fingerprint density at radius 1 is 1.03 bits per heavy atom. The molecule has 2 N–H and O–H groups in total. The number of nitrogens with one attached hydrogen (secondary N) is 2. The fourth-order valence-corrected chi connectivity index (χ4v) is 3.68. The second kappa shape index (κ2) is 8.39. The van der Waals surface area contributed by atoms with Crippen LogP contribution >= 0.6 is 15.9 Å². The Kier molecular flexibility index (Phi) is 5.67. The summed E-state index contributed by atoms with van der Waals surface area (Å²) in [5.74, 6) is -0.876. The molecule has 1 saturated carbocycles. The van der Waals surface area contributed by atoms with Crippen LogP contribution in [0.5, 0.6) is 0 Å². The van der Waals surface area contributed by atoms with E-state index in [1.165, 1.54) is 0 Å². The minimum Gasteiger partial charge on any atom is -0.352 e. The molecule has 0 bridgehead atoms. The minimum absolute atomic E-state index is 0.0186. The summed E-state index contributed by atoms with van der Waals surface area (Å²) in [5, 5.41) is 5.67. The molecular formula is C22H20BrN3O4. The van der Waals surface area contributed by atoms with Crippen LogP contribution in [0.4, 0.5) is 5.69 Å². The SMILES string of the molecule is O=C(CCN1C(=O)c2ccc(Br)cc2C1=O)NCc1cccc(NC(=O)C2CC2)c1. The lowest BCUT2D eigenvalue weighted by Crippen LogP contribution is -2.34. The molecule has 1 fully saturated rings. The number of hydrogen-bond acceptors (Lipinski definition) is 4. The molecule has 154 valence electrons. The van der Waals surface area contributed by atoms with E-state index in [2.05, 4.69) is 26.6 Å². The maximum atomic E-state index is 12.4. The van der Waals surface area contributed by atoms with Gasteiger partial charge in [0.1, 0.15) is 0 Å². The van der Waals surface area contributed by atoms with Gasteiger partial charge in [0.15, 0.2) is 0 Å². The van der Waals surface area contributed by atoms with E-state index in [4.69, 9.17) is 0 Å². The largest absolute Gasteiger partial charge is 0.352 e. The van der Waals surface area contributed by atoms with E-state index in [0.717, 1.165) is 27.8 Å². The van der Waals surface area contributed by atoms with Crippen LogP contribution in [-0.2, 0) is 16.1 Å². The molecule has 1 aliphatic heterocycles. The maximum absolute atomic E-state index is 12.4. The normalized spacial score (nSPS) is 15.2. The topological polar surface area (TPSA) is 95.6 Å².